The van der Waals surface area contributed by atoms with E-state index in [1.165, 1.54) is 0 Å². The van der Waals surface area contributed by atoms with Gasteiger partial charge >= 0.3 is 0 Å². The Kier molecular flexibility index (Phi) is 1.58. The zero-order valence-electron chi connectivity index (χ0n) is 4.59. The van der Waals surface area contributed by atoms with E-state index >= 15 is 0 Å². The summed E-state index contributed by atoms with van der Waals surface area (Å²) >= 11 is 4.02. The third-order valence-electron chi connectivity index (χ3n) is 0.997. The molecule has 0 atom stereocenters. The van der Waals surface area contributed by atoms with Crippen LogP contribution < -0.4 is 0 Å². The van der Waals surface area contributed by atoms with Crippen LogP contribution in [-0.2, 0) is 5.75 Å². The van der Waals surface area contributed by atoms with E-state index in [1.807, 2.05) is 6.92 Å². The molecule has 0 saturated heterocycles. The van der Waals surface area contributed by atoms with Crippen molar-refractivity contribution in [1.29, 1.82) is 0 Å². The lowest BCUT2D eigenvalue weighted by molar-refractivity contribution is 0.414. The number of aromatic nitrogens is 1. The van der Waals surface area contributed by atoms with Crippen molar-refractivity contribution in [3.63, 3.8) is 0 Å². The first-order chi connectivity index (χ1) is 3.84. The van der Waals surface area contributed by atoms with Crippen LogP contribution in [0.1, 0.15) is 11.3 Å². The molecule has 1 rings (SSSR count). The molecule has 8 heavy (non-hydrogen) atoms. The molecule has 0 N–H and O–H groups in total. The van der Waals surface area contributed by atoms with Crippen LogP contribution in [0.25, 0.3) is 0 Å². The van der Waals surface area contributed by atoms with E-state index in [4.69, 9.17) is 0 Å². The van der Waals surface area contributed by atoms with E-state index in [9.17, 15) is 0 Å². The Hall–Kier alpha value is -0.440. The van der Waals surface area contributed by atoms with Gasteiger partial charge in [-0.3, -0.25) is 0 Å². The van der Waals surface area contributed by atoms with Crippen LogP contribution in [0.4, 0.5) is 0 Å². The highest BCUT2D eigenvalue weighted by Crippen LogP contribution is 2.05. The molecule has 2 nitrogen and oxygen atoms in total. The predicted molar refractivity (Wildman–Crippen MR) is 33.9 cm³/mol. The molecule has 0 aliphatic rings. The van der Waals surface area contributed by atoms with Crippen LogP contribution in [0.5, 0.6) is 0 Å². The number of nitrogens with zero attached hydrogens (tertiary/aromatic N) is 1. The van der Waals surface area contributed by atoms with Gasteiger partial charge in [-0.15, -0.1) is 0 Å². The van der Waals surface area contributed by atoms with Crippen LogP contribution in [0.2, 0.25) is 0 Å². The molecular weight excluding hydrogens is 122 g/mol. The summed E-state index contributed by atoms with van der Waals surface area (Å²) in [4.78, 5) is 0. The van der Waals surface area contributed by atoms with Crippen LogP contribution in [0, 0.1) is 6.92 Å². The summed E-state index contributed by atoms with van der Waals surface area (Å²) in [7, 11) is 0. The quantitative estimate of drug-likeness (QED) is 0.580. The SMILES string of the molecule is Cc1conc1CS. The van der Waals surface area contributed by atoms with Crippen molar-refractivity contribution in [1.82, 2.24) is 5.16 Å². The molecule has 0 saturated carbocycles. The van der Waals surface area contributed by atoms with Crippen LogP contribution in [0.3, 0.4) is 0 Å². The summed E-state index contributed by atoms with van der Waals surface area (Å²) in [5, 5.41) is 3.68. The van der Waals surface area contributed by atoms with E-state index < -0.39 is 0 Å². The minimum absolute atomic E-state index is 0.655. The molecule has 0 fully saturated rings. The van der Waals surface area contributed by atoms with Crippen molar-refractivity contribution in [2.45, 2.75) is 12.7 Å². The Balaban J connectivity index is 2.92. The summed E-state index contributed by atoms with van der Waals surface area (Å²) in [5.74, 6) is 0.655. The Labute approximate surface area is 53.3 Å². The van der Waals surface area contributed by atoms with Gasteiger partial charge in [-0.2, -0.15) is 12.6 Å². The molecule has 0 aliphatic carbocycles. The van der Waals surface area contributed by atoms with Crippen molar-refractivity contribution in [3.05, 3.63) is 17.5 Å². The van der Waals surface area contributed by atoms with Gasteiger partial charge in [0.05, 0.1) is 5.69 Å². The predicted octanol–water partition coefficient (Wildman–Crippen LogP) is 1.41. The normalized spacial score (nSPS) is 9.75. The molecule has 1 heterocycles. The highest BCUT2D eigenvalue weighted by molar-refractivity contribution is 7.79. The zero-order valence-corrected chi connectivity index (χ0v) is 5.48. The number of thiol groups is 1. The van der Waals surface area contributed by atoms with Crippen molar-refractivity contribution in [2.75, 3.05) is 0 Å². The molecule has 1 aromatic rings. The second kappa shape index (κ2) is 2.22. The number of hydrogen-bond donors (Lipinski definition) is 1. The first-order valence-corrected chi connectivity index (χ1v) is 2.98. The van der Waals surface area contributed by atoms with Gasteiger partial charge in [0.1, 0.15) is 6.26 Å². The molecule has 0 aromatic carbocycles. The van der Waals surface area contributed by atoms with Crippen LogP contribution in [-0.4, -0.2) is 5.16 Å². The van der Waals surface area contributed by atoms with E-state index in [-0.39, 0.29) is 0 Å². The summed E-state index contributed by atoms with van der Waals surface area (Å²) in [6.07, 6.45) is 1.62. The molecule has 0 unspecified atom stereocenters. The maximum Gasteiger partial charge on any atom is 0.127 e. The highest BCUT2D eigenvalue weighted by Gasteiger charge is 1.97. The zero-order chi connectivity index (χ0) is 5.98. The molecular formula is C5H7NOS. The largest absolute Gasteiger partial charge is 0.364 e. The van der Waals surface area contributed by atoms with E-state index in [1.54, 1.807) is 6.26 Å². The first kappa shape index (κ1) is 5.69. The Bertz CT molecular complexity index is 173. The van der Waals surface area contributed by atoms with Crippen molar-refractivity contribution in [2.24, 2.45) is 0 Å². The summed E-state index contributed by atoms with van der Waals surface area (Å²) in [5.41, 5.74) is 1.99. The molecule has 44 valence electrons. The standard InChI is InChI=1S/C5H7NOS/c1-4-2-7-6-5(4)3-8/h2,8H,3H2,1H3. The van der Waals surface area contributed by atoms with Gasteiger partial charge in [0.15, 0.2) is 0 Å². The van der Waals surface area contributed by atoms with E-state index in [2.05, 4.69) is 22.3 Å². The number of rotatable bonds is 1. The van der Waals surface area contributed by atoms with Crippen molar-refractivity contribution >= 4 is 12.6 Å². The van der Waals surface area contributed by atoms with E-state index in [0.29, 0.717) is 5.75 Å². The lowest BCUT2D eigenvalue weighted by Gasteiger charge is -1.82. The first-order valence-electron chi connectivity index (χ1n) is 2.35. The van der Waals surface area contributed by atoms with E-state index in [0.717, 1.165) is 11.3 Å². The lowest BCUT2D eigenvalue weighted by atomic mass is 10.3. The van der Waals surface area contributed by atoms with Gasteiger partial charge in [-0.05, 0) is 6.92 Å². The highest BCUT2D eigenvalue weighted by atomic mass is 32.1. The second-order valence-electron chi connectivity index (χ2n) is 1.60. The maximum atomic E-state index is 4.64. The molecule has 0 bridgehead atoms. The Morgan fingerprint density at radius 2 is 2.62 bits per heavy atom. The Morgan fingerprint density at radius 1 is 1.88 bits per heavy atom. The Morgan fingerprint density at radius 3 is 2.88 bits per heavy atom. The maximum absolute atomic E-state index is 4.64. The number of aryl methyl sites for hydroxylation is 1. The fourth-order valence-electron chi connectivity index (χ4n) is 0.463. The molecule has 0 spiro atoms. The average Bonchev–Trinajstić information content (AvgIpc) is 2.14. The third kappa shape index (κ3) is 0.865. The fraction of sp³-hybridized carbons (Fsp3) is 0.400. The molecule has 1 aromatic heterocycles. The second-order valence-corrected chi connectivity index (χ2v) is 1.92. The molecule has 3 heteroatoms. The molecule has 0 aliphatic heterocycles. The van der Waals surface area contributed by atoms with Crippen LogP contribution in [0.15, 0.2) is 10.8 Å². The monoisotopic (exact) mass is 129 g/mol. The van der Waals surface area contributed by atoms with Gasteiger partial charge in [0.25, 0.3) is 0 Å². The molecule has 0 radical (unpaired) electrons. The summed E-state index contributed by atoms with van der Waals surface area (Å²) in [6, 6.07) is 0. The fourth-order valence-corrected chi connectivity index (χ4v) is 0.770. The summed E-state index contributed by atoms with van der Waals surface area (Å²) < 4.78 is 4.64. The smallest absolute Gasteiger partial charge is 0.127 e. The van der Waals surface area contributed by atoms with Crippen LogP contribution >= 0.6 is 12.6 Å². The minimum atomic E-state index is 0.655. The van der Waals surface area contributed by atoms with Gasteiger partial charge in [-0.25, -0.2) is 0 Å². The van der Waals surface area contributed by atoms with Gasteiger partial charge in [0.2, 0.25) is 0 Å². The van der Waals surface area contributed by atoms with Crippen molar-refractivity contribution < 1.29 is 4.52 Å². The van der Waals surface area contributed by atoms with Gasteiger partial charge in [-0.1, -0.05) is 5.16 Å². The van der Waals surface area contributed by atoms with Crippen molar-refractivity contribution in [3.8, 4) is 0 Å². The molecule has 0 amide bonds. The van der Waals surface area contributed by atoms with Gasteiger partial charge in [0, 0.05) is 11.3 Å². The third-order valence-corrected chi connectivity index (χ3v) is 1.30. The summed E-state index contributed by atoms with van der Waals surface area (Å²) in [6.45, 7) is 1.95. The topological polar surface area (TPSA) is 26.0 Å². The minimum Gasteiger partial charge on any atom is -0.364 e. The average molecular weight is 129 g/mol. The number of hydrogen-bond acceptors (Lipinski definition) is 3. The lowest BCUT2D eigenvalue weighted by Crippen LogP contribution is -1.77. The van der Waals surface area contributed by atoms with Gasteiger partial charge < -0.3 is 4.52 Å².